The Bertz CT molecular complexity index is 980. The molecule has 31 heavy (non-hydrogen) atoms. The molecule has 0 aliphatic rings. The molecule has 0 radical (unpaired) electrons. The monoisotopic (exact) mass is 440 g/mol. The minimum Gasteiger partial charge on any atom is -0.478 e. The molecule has 166 valence electrons. The Labute approximate surface area is 188 Å². The SMILES string of the molecule is Cc1ccc([C@H](C)CCCOc2cc(NCc3nnc(C(C)(C)C)s3)nc(C)n2)nc1. The fraction of sp³-hybridized carbons (Fsp3) is 0.522. The summed E-state index contributed by atoms with van der Waals surface area (Å²) in [7, 11) is 0. The maximum atomic E-state index is 5.90. The predicted octanol–water partition coefficient (Wildman–Crippen LogP) is 5.21. The molecule has 0 fully saturated rings. The second-order valence-electron chi connectivity index (χ2n) is 8.90. The maximum Gasteiger partial charge on any atom is 0.218 e. The molecule has 0 saturated heterocycles. The van der Waals surface area contributed by atoms with Crippen LogP contribution in [-0.2, 0) is 12.0 Å². The van der Waals surface area contributed by atoms with Gasteiger partial charge in [-0.1, -0.05) is 45.1 Å². The zero-order valence-corrected chi connectivity index (χ0v) is 20.1. The van der Waals surface area contributed by atoms with Gasteiger partial charge < -0.3 is 10.1 Å². The molecule has 3 aromatic heterocycles. The third-order valence-electron chi connectivity index (χ3n) is 4.81. The number of rotatable bonds is 9. The van der Waals surface area contributed by atoms with E-state index in [1.165, 1.54) is 5.56 Å². The minimum atomic E-state index is 0.00937. The van der Waals surface area contributed by atoms with Crippen molar-refractivity contribution in [1.29, 1.82) is 0 Å². The summed E-state index contributed by atoms with van der Waals surface area (Å²) in [5, 5.41) is 13.8. The van der Waals surface area contributed by atoms with E-state index >= 15 is 0 Å². The lowest BCUT2D eigenvalue weighted by atomic mass is 9.98. The molecule has 0 amide bonds. The van der Waals surface area contributed by atoms with Crippen LogP contribution in [0.1, 0.15) is 73.6 Å². The van der Waals surface area contributed by atoms with Gasteiger partial charge in [-0.25, -0.2) is 4.98 Å². The van der Waals surface area contributed by atoms with Crippen LogP contribution in [0.25, 0.3) is 0 Å². The molecular formula is C23H32N6OS. The molecule has 0 spiro atoms. The summed E-state index contributed by atoms with van der Waals surface area (Å²) in [6.45, 7) is 13.7. The number of aryl methyl sites for hydroxylation is 2. The van der Waals surface area contributed by atoms with Crippen LogP contribution >= 0.6 is 11.3 Å². The van der Waals surface area contributed by atoms with E-state index in [1.807, 2.05) is 19.2 Å². The fourth-order valence-corrected chi connectivity index (χ4v) is 3.82. The average Bonchev–Trinajstić information content (AvgIpc) is 3.19. The van der Waals surface area contributed by atoms with Gasteiger partial charge in [0.1, 0.15) is 21.7 Å². The van der Waals surface area contributed by atoms with Gasteiger partial charge in [0.15, 0.2) is 0 Å². The standard InChI is InChI=1S/C23H32N6OS/c1-15-9-10-18(24-13-15)16(2)8-7-11-30-20-12-19(26-17(3)27-20)25-14-21-28-29-22(31-21)23(4,5)6/h9-10,12-13,16H,7-8,11,14H2,1-6H3,(H,25,26,27)/t16-/m1/s1. The van der Waals surface area contributed by atoms with E-state index in [4.69, 9.17) is 4.74 Å². The molecule has 8 heteroatoms. The van der Waals surface area contributed by atoms with Crippen molar-refractivity contribution in [2.45, 2.75) is 72.3 Å². The Kier molecular flexibility index (Phi) is 7.54. The Balaban J connectivity index is 1.49. The van der Waals surface area contributed by atoms with E-state index in [0.717, 1.165) is 34.4 Å². The quantitative estimate of drug-likeness (QED) is 0.457. The molecule has 0 unspecified atom stereocenters. The van der Waals surface area contributed by atoms with Gasteiger partial charge in [-0.15, -0.1) is 10.2 Å². The van der Waals surface area contributed by atoms with Gasteiger partial charge in [-0.2, -0.15) is 4.98 Å². The van der Waals surface area contributed by atoms with Crippen molar-refractivity contribution in [2.75, 3.05) is 11.9 Å². The Morgan fingerprint density at radius 2 is 1.94 bits per heavy atom. The van der Waals surface area contributed by atoms with Crippen LogP contribution in [0.5, 0.6) is 5.88 Å². The van der Waals surface area contributed by atoms with Gasteiger partial charge in [-0.3, -0.25) is 4.98 Å². The molecule has 0 aliphatic carbocycles. The molecule has 7 nitrogen and oxygen atoms in total. The smallest absolute Gasteiger partial charge is 0.218 e. The van der Waals surface area contributed by atoms with Crippen molar-refractivity contribution >= 4 is 17.2 Å². The first-order chi connectivity index (χ1) is 14.7. The lowest BCUT2D eigenvalue weighted by Crippen LogP contribution is -2.10. The number of hydrogen-bond donors (Lipinski definition) is 1. The van der Waals surface area contributed by atoms with Gasteiger partial charge in [0.05, 0.1) is 13.2 Å². The fourth-order valence-electron chi connectivity index (χ4n) is 2.98. The van der Waals surface area contributed by atoms with Gasteiger partial charge in [-0.05, 0) is 44.2 Å². The van der Waals surface area contributed by atoms with Crippen LogP contribution in [0, 0.1) is 13.8 Å². The number of aromatic nitrogens is 5. The van der Waals surface area contributed by atoms with Crippen molar-refractivity contribution in [1.82, 2.24) is 25.1 Å². The summed E-state index contributed by atoms with van der Waals surface area (Å²) < 4.78 is 5.90. The first-order valence-corrected chi connectivity index (χ1v) is 11.5. The summed E-state index contributed by atoms with van der Waals surface area (Å²) >= 11 is 1.62. The molecule has 0 saturated carbocycles. The highest BCUT2D eigenvalue weighted by atomic mass is 32.1. The predicted molar refractivity (Wildman–Crippen MR) is 125 cm³/mol. The van der Waals surface area contributed by atoms with Crippen LogP contribution < -0.4 is 10.1 Å². The topological polar surface area (TPSA) is 85.7 Å². The summed E-state index contributed by atoms with van der Waals surface area (Å²) in [6, 6.07) is 6.05. The third kappa shape index (κ3) is 6.95. The molecule has 0 bridgehead atoms. The molecule has 3 aromatic rings. The highest BCUT2D eigenvalue weighted by Crippen LogP contribution is 2.26. The van der Waals surface area contributed by atoms with Crippen molar-refractivity contribution < 1.29 is 4.74 Å². The maximum absolute atomic E-state index is 5.90. The van der Waals surface area contributed by atoms with Crippen molar-refractivity contribution in [3.63, 3.8) is 0 Å². The van der Waals surface area contributed by atoms with E-state index in [0.29, 0.717) is 30.8 Å². The highest BCUT2D eigenvalue weighted by Gasteiger charge is 2.19. The van der Waals surface area contributed by atoms with E-state index in [2.05, 4.69) is 77.2 Å². The van der Waals surface area contributed by atoms with E-state index in [9.17, 15) is 0 Å². The number of nitrogens with zero attached hydrogens (tertiary/aromatic N) is 5. The van der Waals surface area contributed by atoms with E-state index in [-0.39, 0.29) is 5.41 Å². The van der Waals surface area contributed by atoms with Crippen molar-refractivity contribution in [2.24, 2.45) is 0 Å². The third-order valence-corrected chi connectivity index (χ3v) is 6.16. The summed E-state index contributed by atoms with van der Waals surface area (Å²) in [5.41, 5.74) is 2.32. The number of ether oxygens (including phenoxy) is 1. The number of pyridine rings is 1. The molecule has 1 atom stereocenters. The molecule has 3 rings (SSSR count). The Morgan fingerprint density at radius 3 is 2.61 bits per heavy atom. The summed E-state index contributed by atoms with van der Waals surface area (Å²) in [6.07, 6.45) is 3.87. The second-order valence-corrected chi connectivity index (χ2v) is 9.96. The zero-order chi connectivity index (χ0) is 22.4. The number of hydrogen-bond acceptors (Lipinski definition) is 8. The van der Waals surface area contributed by atoms with Crippen molar-refractivity contribution in [3.8, 4) is 5.88 Å². The zero-order valence-electron chi connectivity index (χ0n) is 19.3. The molecule has 0 aromatic carbocycles. The Hall–Kier alpha value is -2.61. The lowest BCUT2D eigenvalue weighted by molar-refractivity contribution is 0.290. The largest absolute Gasteiger partial charge is 0.478 e. The molecule has 1 N–H and O–H groups in total. The summed E-state index contributed by atoms with van der Waals surface area (Å²) in [4.78, 5) is 13.4. The highest BCUT2D eigenvalue weighted by molar-refractivity contribution is 7.11. The summed E-state index contributed by atoms with van der Waals surface area (Å²) in [5.74, 6) is 2.39. The minimum absolute atomic E-state index is 0.00937. The van der Waals surface area contributed by atoms with E-state index < -0.39 is 0 Å². The molecule has 3 heterocycles. The Morgan fingerprint density at radius 1 is 1.13 bits per heavy atom. The first kappa shape index (κ1) is 23.1. The first-order valence-electron chi connectivity index (χ1n) is 10.7. The number of anilines is 1. The van der Waals surface area contributed by atoms with Crippen LogP contribution in [0.4, 0.5) is 5.82 Å². The van der Waals surface area contributed by atoms with Crippen LogP contribution in [0.3, 0.4) is 0 Å². The van der Waals surface area contributed by atoms with Gasteiger partial charge in [0.25, 0.3) is 0 Å². The molecule has 0 aliphatic heterocycles. The van der Waals surface area contributed by atoms with Gasteiger partial charge in [0.2, 0.25) is 5.88 Å². The lowest BCUT2D eigenvalue weighted by Gasteiger charge is -2.12. The normalized spacial score (nSPS) is 12.6. The van der Waals surface area contributed by atoms with Crippen LogP contribution in [0.15, 0.2) is 24.4 Å². The molecular weight excluding hydrogens is 408 g/mol. The van der Waals surface area contributed by atoms with Crippen molar-refractivity contribution in [3.05, 3.63) is 51.5 Å². The van der Waals surface area contributed by atoms with Crippen LogP contribution in [0.2, 0.25) is 0 Å². The van der Waals surface area contributed by atoms with E-state index in [1.54, 1.807) is 11.3 Å². The van der Waals surface area contributed by atoms with Gasteiger partial charge >= 0.3 is 0 Å². The van der Waals surface area contributed by atoms with Crippen LogP contribution in [-0.4, -0.2) is 31.8 Å². The average molecular weight is 441 g/mol. The second kappa shape index (κ2) is 10.1. The van der Waals surface area contributed by atoms with Gasteiger partial charge in [0, 0.05) is 23.4 Å². The number of nitrogens with one attached hydrogen (secondary N) is 1.